The lowest BCUT2D eigenvalue weighted by molar-refractivity contribution is -0.00641. The number of carbonyl (C=O) groups excluding carboxylic acids is 1. The van der Waals surface area contributed by atoms with Crippen molar-refractivity contribution in [2.24, 2.45) is 5.73 Å². The second-order valence-corrected chi connectivity index (χ2v) is 7.19. The molecule has 0 bridgehead atoms. The van der Waals surface area contributed by atoms with Crippen molar-refractivity contribution in [3.8, 4) is 11.5 Å². The summed E-state index contributed by atoms with van der Waals surface area (Å²) in [7, 11) is -1.54. The molecule has 1 atom stereocenters. The zero-order valence-corrected chi connectivity index (χ0v) is 15.3. The van der Waals surface area contributed by atoms with E-state index in [0.717, 1.165) is 6.42 Å². The summed E-state index contributed by atoms with van der Waals surface area (Å²) >= 11 is 0. The summed E-state index contributed by atoms with van der Waals surface area (Å²) in [4.78, 5) is 26.6. The van der Waals surface area contributed by atoms with E-state index in [9.17, 15) is 19.8 Å². The summed E-state index contributed by atoms with van der Waals surface area (Å²) in [6.45, 7) is 2.39. The molecule has 2 aliphatic rings. The molecule has 0 aliphatic carbocycles. The number of carboxylic acids is 1. The molecule has 10 nitrogen and oxygen atoms in total. The Labute approximate surface area is 162 Å². The Bertz CT molecular complexity index is 755. The molecule has 28 heavy (non-hydrogen) atoms. The van der Waals surface area contributed by atoms with E-state index in [-0.39, 0.29) is 36.2 Å². The normalized spacial score (nSPS) is 20.1. The van der Waals surface area contributed by atoms with E-state index >= 15 is 0 Å². The number of primary amides is 1. The van der Waals surface area contributed by atoms with Gasteiger partial charge in [0.2, 0.25) is 0 Å². The third kappa shape index (κ3) is 4.32. The van der Waals surface area contributed by atoms with Crippen LogP contribution in [0.3, 0.4) is 0 Å². The lowest BCUT2D eigenvalue weighted by Gasteiger charge is -2.42. The average molecular weight is 393 g/mol. The number of benzene rings is 1. The van der Waals surface area contributed by atoms with Crippen LogP contribution >= 0.6 is 0 Å². The second-order valence-electron chi connectivity index (χ2n) is 7.19. The quantitative estimate of drug-likeness (QED) is 0.382. The van der Waals surface area contributed by atoms with Gasteiger partial charge in [0.1, 0.15) is 23.2 Å². The maximum absolute atomic E-state index is 11.6. The Morgan fingerprint density at radius 3 is 2.54 bits per heavy atom. The number of aromatic hydroxyl groups is 1. The number of phenols is 1. The van der Waals surface area contributed by atoms with Crippen molar-refractivity contribution < 1.29 is 34.6 Å². The number of carbonyl (C=O) groups is 2. The van der Waals surface area contributed by atoms with Gasteiger partial charge < -0.3 is 35.6 Å². The van der Waals surface area contributed by atoms with Gasteiger partial charge >= 0.3 is 19.1 Å². The van der Waals surface area contributed by atoms with Crippen LogP contribution in [0.1, 0.15) is 22.3 Å². The smallest absolute Gasteiger partial charge is 0.451 e. The van der Waals surface area contributed by atoms with Gasteiger partial charge in [0, 0.05) is 32.2 Å². The zero-order chi connectivity index (χ0) is 20.4. The minimum atomic E-state index is -1.54. The number of hydrogen-bond acceptors (Lipinski definition) is 7. The maximum atomic E-state index is 11.6. The van der Waals surface area contributed by atoms with Gasteiger partial charge in [-0.15, -0.1) is 0 Å². The van der Waals surface area contributed by atoms with Crippen molar-refractivity contribution in [1.29, 1.82) is 0 Å². The molecule has 2 amide bonds. The molecule has 152 valence electrons. The number of likely N-dealkylation sites (tertiary alicyclic amines) is 2. The summed E-state index contributed by atoms with van der Waals surface area (Å²) in [5, 5.41) is 37.7. The molecule has 11 heteroatoms. The standard InChI is InChI=1S/C17H24BN3O7/c19-17(25)20-6-4-11(7-20)21-8-12(9-21)28-13-2-1-10(3-5-18(26)27)15(22)14(13)16(23)24/h1-2,11-12,22,26-27H,3-9H2,(H2,19,25)(H,23,24)/t11-/m0/s1. The van der Waals surface area contributed by atoms with Gasteiger partial charge in [0.15, 0.2) is 0 Å². The number of aromatic carboxylic acids is 1. The predicted molar refractivity (Wildman–Crippen MR) is 99.3 cm³/mol. The van der Waals surface area contributed by atoms with E-state index in [4.69, 9.17) is 20.5 Å². The maximum Gasteiger partial charge on any atom is 0.451 e. The highest BCUT2D eigenvalue weighted by Gasteiger charge is 2.38. The highest BCUT2D eigenvalue weighted by molar-refractivity contribution is 6.41. The van der Waals surface area contributed by atoms with Crippen molar-refractivity contribution in [3.05, 3.63) is 23.3 Å². The molecule has 0 saturated carbocycles. The van der Waals surface area contributed by atoms with Crippen molar-refractivity contribution in [3.63, 3.8) is 0 Å². The first-order chi connectivity index (χ1) is 13.3. The predicted octanol–water partition coefficient (Wildman–Crippen LogP) is -0.678. The molecule has 0 unspecified atom stereocenters. The van der Waals surface area contributed by atoms with Gasteiger partial charge in [-0.05, 0) is 30.8 Å². The van der Waals surface area contributed by atoms with Gasteiger partial charge in [-0.2, -0.15) is 0 Å². The number of ether oxygens (including phenoxy) is 1. The molecule has 2 fully saturated rings. The Morgan fingerprint density at radius 1 is 1.25 bits per heavy atom. The summed E-state index contributed by atoms with van der Waals surface area (Å²) < 4.78 is 5.78. The van der Waals surface area contributed by atoms with Crippen LogP contribution in [-0.2, 0) is 6.42 Å². The first-order valence-electron chi connectivity index (χ1n) is 9.15. The first kappa shape index (κ1) is 20.2. The molecule has 1 aromatic rings. The first-order valence-corrected chi connectivity index (χ1v) is 9.15. The fraction of sp³-hybridized carbons (Fsp3) is 0.529. The van der Waals surface area contributed by atoms with E-state index in [1.54, 1.807) is 4.90 Å². The van der Waals surface area contributed by atoms with Crippen molar-refractivity contribution in [1.82, 2.24) is 9.80 Å². The highest BCUT2D eigenvalue weighted by atomic mass is 16.5. The van der Waals surface area contributed by atoms with Crippen molar-refractivity contribution in [2.45, 2.75) is 31.3 Å². The Balaban J connectivity index is 1.61. The van der Waals surface area contributed by atoms with E-state index < -0.39 is 24.9 Å². The monoisotopic (exact) mass is 393 g/mol. The van der Waals surface area contributed by atoms with Crippen LogP contribution in [0.2, 0.25) is 6.32 Å². The molecular formula is C17H24BN3O7. The zero-order valence-electron chi connectivity index (χ0n) is 15.3. The molecule has 2 saturated heterocycles. The summed E-state index contributed by atoms with van der Waals surface area (Å²) in [5.41, 5.74) is 5.28. The largest absolute Gasteiger partial charge is 0.507 e. The van der Waals surface area contributed by atoms with Gasteiger partial charge in [-0.1, -0.05) is 6.07 Å². The van der Waals surface area contributed by atoms with Gasteiger partial charge in [-0.3, -0.25) is 4.90 Å². The van der Waals surface area contributed by atoms with Crippen LogP contribution in [0, 0.1) is 0 Å². The second kappa shape index (κ2) is 8.25. The topological polar surface area (TPSA) is 157 Å². The molecule has 1 aromatic carbocycles. The number of nitrogens with two attached hydrogens (primary N) is 1. The van der Waals surface area contributed by atoms with E-state index in [1.165, 1.54) is 12.1 Å². The number of hydrogen-bond donors (Lipinski definition) is 5. The van der Waals surface area contributed by atoms with Gasteiger partial charge in [0.25, 0.3) is 0 Å². The third-order valence-electron chi connectivity index (χ3n) is 5.27. The molecule has 0 radical (unpaired) electrons. The lowest BCUT2D eigenvalue weighted by Crippen LogP contribution is -2.58. The van der Waals surface area contributed by atoms with Crippen molar-refractivity contribution in [2.75, 3.05) is 26.2 Å². The van der Waals surface area contributed by atoms with Gasteiger partial charge in [0.05, 0.1) is 0 Å². The fourth-order valence-electron chi connectivity index (χ4n) is 3.67. The molecule has 3 rings (SSSR count). The van der Waals surface area contributed by atoms with Crippen LogP contribution in [0.15, 0.2) is 12.1 Å². The lowest BCUT2D eigenvalue weighted by atomic mass is 9.82. The van der Waals surface area contributed by atoms with Crippen LogP contribution in [0.4, 0.5) is 4.79 Å². The highest BCUT2D eigenvalue weighted by Crippen LogP contribution is 2.34. The van der Waals surface area contributed by atoms with Crippen LogP contribution in [-0.4, -0.2) is 87.5 Å². The molecule has 0 aromatic heterocycles. The SMILES string of the molecule is NC(=O)N1CC[C@H](N2CC(Oc3ccc(CCB(O)O)c(O)c3C(=O)O)C2)C1. The molecule has 2 heterocycles. The van der Waals surface area contributed by atoms with Gasteiger partial charge in [-0.25, -0.2) is 9.59 Å². The minimum absolute atomic E-state index is 0.0197. The molecular weight excluding hydrogens is 369 g/mol. The average Bonchev–Trinajstić information content (AvgIpc) is 3.06. The Hall–Kier alpha value is -2.50. The Kier molecular flexibility index (Phi) is 5.97. The van der Waals surface area contributed by atoms with Crippen molar-refractivity contribution >= 4 is 19.1 Å². The number of amides is 2. The number of aryl methyl sites for hydroxylation is 1. The number of rotatable bonds is 7. The summed E-state index contributed by atoms with van der Waals surface area (Å²) in [6, 6.07) is 2.80. The third-order valence-corrected chi connectivity index (χ3v) is 5.27. The number of urea groups is 1. The van der Waals surface area contributed by atoms with E-state index in [2.05, 4.69) is 4.90 Å². The number of carboxylic acid groups (broad SMARTS) is 1. The molecule has 2 aliphatic heterocycles. The number of nitrogens with zero attached hydrogens (tertiary/aromatic N) is 2. The van der Waals surface area contributed by atoms with Crippen LogP contribution < -0.4 is 10.5 Å². The molecule has 6 N–H and O–H groups in total. The minimum Gasteiger partial charge on any atom is -0.507 e. The van der Waals surface area contributed by atoms with E-state index in [0.29, 0.717) is 31.7 Å². The van der Waals surface area contributed by atoms with Crippen LogP contribution in [0.25, 0.3) is 0 Å². The van der Waals surface area contributed by atoms with Crippen LogP contribution in [0.5, 0.6) is 11.5 Å². The molecule has 0 spiro atoms. The summed E-state index contributed by atoms with van der Waals surface area (Å²) in [6.07, 6.45) is 0.723. The fourth-order valence-corrected chi connectivity index (χ4v) is 3.67. The summed E-state index contributed by atoms with van der Waals surface area (Å²) in [5.74, 6) is -1.66. The Morgan fingerprint density at radius 2 is 1.96 bits per heavy atom. The van der Waals surface area contributed by atoms with E-state index in [1.807, 2.05) is 0 Å².